The minimum Gasteiger partial charge on any atom is -0.493 e. The number of benzene rings is 2. The summed E-state index contributed by atoms with van der Waals surface area (Å²) in [6, 6.07) is 7.77. The van der Waals surface area contributed by atoms with Crippen molar-refractivity contribution >= 4 is 6.20 Å². The van der Waals surface area contributed by atoms with E-state index >= 15 is 0 Å². The topological polar surface area (TPSA) is 70.3 Å². The van der Waals surface area contributed by atoms with Gasteiger partial charge in [-0.2, -0.15) is 0 Å². The summed E-state index contributed by atoms with van der Waals surface area (Å²) in [5, 5.41) is 3.10. The Morgan fingerprint density at radius 3 is 2.55 bits per heavy atom. The number of ether oxygens (including phenoxy) is 3. The SMILES string of the molecule is COc1cc2c(c(Oc3ccc(C)cc3-n3ccnc3)c1OC)=CN(OC)CN=2. The van der Waals surface area contributed by atoms with Gasteiger partial charge in [0.15, 0.2) is 17.2 Å². The minimum absolute atomic E-state index is 0.378. The molecule has 0 fully saturated rings. The second-order valence-corrected chi connectivity index (χ2v) is 6.45. The van der Waals surface area contributed by atoms with Crippen LogP contribution in [0.25, 0.3) is 11.9 Å². The van der Waals surface area contributed by atoms with E-state index < -0.39 is 0 Å². The summed E-state index contributed by atoms with van der Waals surface area (Å²) < 4.78 is 19.5. The van der Waals surface area contributed by atoms with Gasteiger partial charge in [-0.25, -0.2) is 10.0 Å². The van der Waals surface area contributed by atoms with Gasteiger partial charge in [0.05, 0.1) is 43.9 Å². The molecule has 4 rings (SSSR count). The molecule has 0 N–H and O–H groups in total. The molecule has 8 nitrogen and oxygen atoms in total. The Labute approximate surface area is 168 Å². The number of imidazole rings is 1. The highest BCUT2D eigenvalue weighted by Gasteiger charge is 2.20. The smallest absolute Gasteiger partial charge is 0.204 e. The van der Waals surface area contributed by atoms with Crippen LogP contribution in [0, 0.1) is 6.92 Å². The van der Waals surface area contributed by atoms with Gasteiger partial charge >= 0.3 is 0 Å². The summed E-state index contributed by atoms with van der Waals surface area (Å²) in [4.78, 5) is 14.0. The summed E-state index contributed by atoms with van der Waals surface area (Å²) in [6.07, 6.45) is 7.16. The second-order valence-electron chi connectivity index (χ2n) is 6.45. The molecule has 1 aliphatic rings. The molecule has 0 atom stereocenters. The number of fused-ring (bicyclic) bond motifs is 1. The van der Waals surface area contributed by atoms with E-state index in [0.717, 1.165) is 21.8 Å². The lowest BCUT2D eigenvalue weighted by Crippen LogP contribution is -2.36. The van der Waals surface area contributed by atoms with Crippen molar-refractivity contribution in [1.82, 2.24) is 14.6 Å². The molecular weight excluding hydrogens is 372 g/mol. The average molecular weight is 394 g/mol. The van der Waals surface area contributed by atoms with Crippen LogP contribution in [0.5, 0.6) is 23.0 Å². The minimum atomic E-state index is 0.378. The lowest BCUT2D eigenvalue weighted by Gasteiger charge is -2.21. The number of nitrogens with zero attached hydrogens (tertiary/aromatic N) is 4. The Hall–Kier alpha value is -3.52. The molecule has 0 amide bonds. The zero-order valence-corrected chi connectivity index (χ0v) is 16.7. The summed E-state index contributed by atoms with van der Waals surface area (Å²) in [6.45, 7) is 2.41. The van der Waals surface area contributed by atoms with Crippen LogP contribution in [0.3, 0.4) is 0 Å². The average Bonchev–Trinajstić information content (AvgIpc) is 3.28. The van der Waals surface area contributed by atoms with E-state index in [0.29, 0.717) is 29.7 Å². The maximum absolute atomic E-state index is 6.42. The molecule has 8 heteroatoms. The summed E-state index contributed by atoms with van der Waals surface area (Å²) >= 11 is 0. The first-order chi connectivity index (χ1) is 14.1. The summed E-state index contributed by atoms with van der Waals surface area (Å²) in [5.74, 6) is 2.16. The molecule has 2 heterocycles. The van der Waals surface area contributed by atoms with E-state index in [4.69, 9.17) is 19.0 Å². The molecule has 2 aromatic carbocycles. The molecule has 0 saturated heterocycles. The zero-order chi connectivity index (χ0) is 20.4. The van der Waals surface area contributed by atoms with Crippen LogP contribution in [0.1, 0.15) is 5.56 Å². The highest BCUT2D eigenvalue weighted by Crippen LogP contribution is 2.37. The number of hydrogen-bond donors (Lipinski definition) is 0. The third kappa shape index (κ3) is 3.50. The third-order valence-corrected chi connectivity index (χ3v) is 4.64. The lowest BCUT2D eigenvalue weighted by molar-refractivity contribution is -0.0696. The van der Waals surface area contributed by atoms with Crippen LogP contribution in [0.15, 0.2) is 48.0 Å². The Balaban J connectivity index is 1.93. The van der Waals surface area contributed by atoms with E-state index in [9.17, 15) is 0 Å². The summed E-state index contributed by atoms with van der Waals surface area (Å²) in [5.41, 5.74) is 1.96. The number of hydroxylamine groups is 2. The third-order valence-electron chi connectivity index (χ3n) is 4.64. The van der Waals surface area contributed by atoms with Crippen LogP contribution in [0.2, 0.25) is 0 Å². The molecule has 0 bridgehead atoms. The van der Waals surface area contributed by atoms with Crippen molar-refractivity contribution in [2.75, 3.05) is 28.0 Å². The van der Waals surface area contributed by atoms with Crippen molar-refractivity contribution in [3.63, 3.8) is 0 Å². The predicted molar refractivity (Wildman–Crippen MR) is 107 cm³/mol. The molecule has 1 aromatic heterocycles. The van der Waals surface area contributed by atoms with Gasteiger partial charge in [0.2, 0.25) is 5.75 Å². The van der Waals surface area contributed by atoms with Crippen molar-refractivity contribution in [2.45, 2.75) is 6.92 Å². The highest BCUT2D eigenvalue weighted by molar-refractivity contribution is 5.58. The Kier molecular flexibility index (Phi) is 5.09. The fourth-order valence-electron chi connectivity index (χ4n) is 3.19. The number of aryl methyl sites for hydroxylation is 1. The number of hydrogen-bond acceptors (Lipinski definition) is 7. The highest BCUT2D eigenvalue weighted by atomic mass is 16.7. The van der Waals surface area contributed by atoms with Crippen molar-refractivity contribution in [3.05, 3.63) is 59.1 Å². The van der Waals surface area contributed by atoms with Crippen molar-refractivity contribution in [2.24, 2.45) is 4.99 Å². The zero-order valence-electron chi connectivity index (χ0n) is 16.7. The molecule has 0 unspecified atom stereocenters. The van der Waals surface area contributed by atoms with Crippen LogP contribution in [-0.4, -0.2) is 42.6 Å². The van der Waals surface area contributed by atoms with E-state index in [1.54, 1.807) is 38.9 Å². The van der Waals surface area contributed by atoms with E-state index in [1.165, 1.54) is 0 Å². The van der Waals surface area contributed by atoms with Gasteiger partial charge in [-0.15, -0.1) is 0 Å². The van der Waals surface area contributed by atoms with Gasteiger partial charge in [-0.05, 0) is 24.6 Å². The maximum atomic E-state index is 6.42. The summed E-state index contributed by atoms with van der Waals surface area (Å²) in [7, 11) is 4.76. The van der Waals surface area contributed by atoms with Crippen molar-refractivity contribution in [1.29, 1.82) is 0 Å². The fourth-order valence-corrected chi connectivity index (χ4v) is 3.19. The van der Waals surface area contributed by atoms with Gasteiger partial charge in [0.1, 0.15) is 6.67 Å². The normalized spacial score (nSPS) is 12.6. The quantitative estimate of drug-likeness (QED) is 0.638. The Morgan fingerprint density at radius 1 is 1.00 bits per heavy atom. The molecule has 0 radical (unpaired) electrons. The van der Waals surface area contributed by atoms with Crippen molar-refractivity contribution < 1.29 is 19.0 Å². The standard InChI is InChI=1S/C21H22N4O4/c1-14-5-6-18(17(9-14)24-8-7-22-12-24)29-20-15-11-25(28-4)13-23-16(15)10-19(26-2)21(20)27-3/h5-12H,13H2,1-4H3. The monoisotopic (exact) mass is 394 g/mol. The first-order valence-corrected chi connectivity index (χ1v) is 9.03. The second kappa shape index (κ2) is 7.84. The van der Waals surface area contributed by atoms with Gasteiger partial charge in [-0.1, -0.05) is 6.07 Å². The van der Waals surface area contributed by atoms with Crippen LogP contribution in [0.4, 0.5) is 0 Å². The van der Waals surface area contributed by atoms with Gasteiger partial charge in [0, 0.05) is 24.7 Å². The van der Waals surface area contributed by atoms with Gasteiger partial charge < -0.3 is 18.8 Å². The first-order valence-electron chi connectivity index (χ1n) is 9.03. The molecule has 150 valence electrons. The maximum Gasteiger partial charge on any atom is 0.204 e. The van der Waals surface area contributed by atoms with Crippen LogP contribution < -0.4 is 24.8 Å². The van der Waals surface area contributed by atoms with Crippen molar-refractivity contribution in [3.8, 4) is 28.7 Å². The lowest BCUT2D eigenvalue weighted by atomic mass is 10.2. The molecule has 1 aliphatic heterocycles. The Bertz CT molecular complexity index is 1140. The van der Waals surface area contributed by atoms with Crippen LogP contribution in [-0.2, 0) is 4.84 Å². The van der Waals surface area contributed by atoms with E-state index in [-0.39, 0.29) is 0 Å². The molecule has 0 saturated carbocycles. The molecule has 0 spiro atoms. The first kappa shape index (κ1) is 18.8. The molecule has 0 aliphatic carbocycles. The van der Waals surface area contributed by atoms with Gasteiger partial charge in [-0.3, -0.25) is 9.83 Å². The number of aromatic nitrogens is 2. The fraction of sp³-hybridized carbons (Fsp3) is 0.238. The van der Waals surface area contributed by atoms with Gasteiger partial charge in [0.25, 0.3) is 0 Å². The predicted octanol–water partition coefficient (Wildman–Crippen LogP) is 2.18. The largest absolute Gasteiger partial charge is 0.493 e. The molecule has 3 aromatic rings. The number of rotatable bonds is 6. The van der Waals surface area contributed by atoms with E-state index in [2.05, 4.69) is 9.98 Å². The van der Waals surface area contributed by atoms with E-state index in [1.807, 2.05) is 48.2 Å². The van der Waals surface area contributed by atoms with Crippen LogP contribution >= 0.6 is 0 Å². The number of methoxy groups -OCH3 is 2. The molecular formula is C21H22N4O4. The molecule has 29 heavy (non-hydrogen) atoms. The Morgan fingerprint density at radius 2 is 1.86 bits per heavy atom.